The van der Waals surface area contributed by atoms with Crippen LogP contribution in [0.5, 0.6) is 0 Å². The van der Waals surface area contributed by atoms with Crippen LogP contribution >= 0.6 is 35.0 Å². The number of thioether (sulfide) groups is 1. The molecule has 0 saturated carbocycles. The summed E-state index contributed by atoms with van der Waals surface area (Å²) in [7, 11) is 0. The lowest BCUT2D eigenvalue weighted by atomic mass is 10.1. The summed E-state index contributed by atoms with van der Waals surface area (Å²) in [6, 6.07) is 14.5. The van der Waals surface area contributed by atoms with Gasteiger partial charge in [0.1, 0.15) is 0 Å². The highest BCUT2D eigenvalue weighted by Crippen LogP contribution is 2.26. The summed E-state index contributed by atoms with van der Waals surface area (Å²) < 4.78 is 1.23. The van der Waals surface area contributed by atoms with Crippen LogP contribution in [0.4, 0.5) is 11.6 Å². The number of nitrogens with two attached hydrogens (primary N) is 1. The lowest BCUT2D eigenvalue weighted by molar-refractivity contribution is -0.113. The number of hydrazone groups is 1. The van der Waals surface area contributed by atoms with Crippen molar-refractivity contribution >= 4 is 58.2 Å². The molecular formula is C18H17Cl2N7OS. The quantitative estimate of drug-likeness (QED) is 0.218. The van der Waals surface area contributed by atoms with Gasteiger partial charge >= 0.3 is 0 Å². The number of nitrogen functional groups attached to an aromatic ring is 1. The molecule has 3 rings (SSSR count). The van der Waals surface area contributed by atoms with Crippen LogP contribution in [0.1, 0.15) is 12.5 Å². The predicted molar refractivity (Wildman–Crippen MR) is 118 cm³/mol. The number of nitrogens with zero attached hydrogens (tertiary/aromatic N) is 4. The fourth-order valence-electron chi connectivity index (χ4n) is 2.24. The second kappa shape index (κ2) is 9.64. The van der Waals surface area contributed by atoms with Crippen molar-refractivity contribution in [1.82, 2.24) is 14.9 Å². The Balaban J connectivity index is 1.58. The van der Waals surface area contributed by atoms with E-state index in [2.05, 4.69) is 26.0 Å². The molecule has 0 saturated heterocycles. The van der Waals surface area contributed by atoms with Gasteiger partial charge in [-0.15, -0.1) is 10.2 Å². The molecule has 0 radical (unpaired) electrons. The third-order valence-corrected chi connectivity index (χ3v) is 5.22. The minimum Gasteiger partial charge on any atom is -0.334 e. The fourth-order valence-corrected chi connectivity index (χ4v) is 3.23. The Morgan fingerprint density at radius 3 is 2.72 bits per heavy atom. The van der Waals surface area contributed by atoms with E-state index in [1.807, 2.05) is 37.3 Å². The Hall–Kier alpha value is -2.75. The first kappa shape index (κ1) is 21.0. The molecule has 0 aliphatic carbocycles. The zero-order chi connectivity index (χ0) is 20.8. The molecule has 29 heavy (non-hydrogen) atoms. The largest absolute Gasteiger partial charge is 0.334 e. The van der Waals surface area contributed by atoms with Gasteiger partial charge in [-0.25, -0.2) is 10.1 Å². The molecular weight excluding hydrogens is 433 g/mol. The van der Waals surface area contributed by atoms with E-state index in [1.165, 1.54) is 4.68 Å². The van der Waals surface area contributed by atoms with E-state index >= 15 is 0 Å². The van der Waals surface area contributed by atoms with Crippen molar-refractivity contribution in [3.8, 4) is 0 Å². The second-order valence-corrected chi connectivity index (χ2v) is 7.60. The molecule has 2 aromatic carbocycles. The third-order valence-electron chi connectivity index (χ3n) is 3.71. The fraction of sp³-hybridized carbons (Fsp3) is 0.111. The number of nitrogens with one attached hydrogen (secondary N) is 2. The number of halogens is 2. The smallest absolute Gasteiger partial charge is 0.264 e. The lowest BCUT2D eigenvalue weighted by Gasteiger charge is -2.07. The summed E-state index contributed by atoms with van der Waals surface area (Å²) in [5.74, 6) is 6.01. The molecule has 4 N–H and O–H groups in total. The van der Waals surface area contributed by atoms with Gasteiger partial charge < -0.3 is 11.2 Å². The predicted octanol–water partition coefficient (Wildman–Crippen LogP) is 3.87. The third kappa shape index (κ3) is 5.63. The first-order valence-corrected chi connectivity index (χ1v) is 10.1. The summed E-state index contributed by atoms with van der Waals surface area (Å²) in [5.41, 5.74) is 4.95. The average Bonchev–Trinajstić information content (AvgIpc) is 3.07. The molecule has 8 nitrogen and oxygen atoms in total. The highest BCUT2D eigenvalue weighted by atomic mass is 35.5. The number of benzene rings is 2. The molecule has 0 unspecified atom stereocenters. The minimum atomic E-state index is -0.283. The van der Waals surface area contributed by atoms with Gasteiger partial charge in [0, 0.05) is 5.02 Å². The van der Waals surface area contributed by atoms with Gasteiger partial charge in [-0.3, -0.25) is 4.79 Å². The average molecular weight is 450 g/mol. The Bertz CT molecular complexity index is 1040. The molecule has 150 valence electrons. The van der Waals surface area contributed by atoms with Crippen molar-refractivity contribution in [2.75, 3.05) is 22.3 Å². The van der Waals surface area contributed by atoms with Crippen LogP contribution in [-0.2, 0) is 4.79 Å². The minimum absolute atomic E-state index is 0.0600. The summed E-state index contributed by atoms with van der Waals surface area (Å²) in [4.78, 5) is 12.2. The first-order chi connectivity index (χ1) is 13.9. The summed E-state index contributed by atoms with van der Waals surface area (Å²) >= 11 is 13.1. The van der Waals surface area contributed by atoms with Gasteiger partial charge in [0.2, 0.25) is 11.1 Å². The molecule has 1 amide bonds. The van der Waals surface area contributed by atoms with E-state index in [9.17, 15) is 4.79 Å². The molecule has 0 fully saturated rings. The van der Waals surface area contributed by atoms with E-state index < -0.39 is 0 Å². The van der Waals surface area contributed by atoms with Crippen molar-refractivity contribution in [3.05, 3.63) is 64.1 Å². The van der Waals surface area contributed by atoms with Crippen LogP contribution in [0.3, 0.4) is 0 Å². The molecule has 0 aliphatic rings. The summed E-state index contributed by atoms with van der Waals surface area (Å²) in [6.07, 6.45) is 0. The van der Waals surface area contributed by atoms with Gasteiger partial charge in [-0.1, -0.05) is 65.3 Å². The van der Waals surface area contributed by atoms with Gasteiger partial charge in [0.15, 0.2) is 0 Å². The number of amides is 1. The Morgan fingerprint density at radius 1 is 1.21 bits per heavy atom. The van der Waals surface area contributed by atoms with Crippen molar-refractivity contribution in [3.63, 3.8) is 0 Å². The molecule has 1 aromatic heterocycles. The number of aromatic nitrogens is 3. The number of carbonyl (C=O) groups is 1. The summed E-state index contributed by atoms with van der Waals surface area (Å²) in [5, 5.41) is 16.1. The standard InChI is InChI=1S/C18H17Cl2N7OS/c1-11(12-5-3-2-4-6-12)23-24-17-25-26-18(27(17)21)29-10-16(28)22-15-9-13(19)7-8-14(15)20/h2-9H,10,21H2,1H3,(H,22,28)(H,24,25)/b23-11+. The van der Waals surface area contributed by atoms with Crippen LogP contribution in [0.2, 0.25) is 10.0 Å². The number of rotatable bonds is 7. The maximum Gasteiger partial charge on any atom is 0.264 e. The molecule has 0 spiro atoms. The van der Waals surface area contributed by atoms with Crippen molar-refractivity contribution < 1.29 is 4.79 Å². The van der Waals surface area contributed by atoms with Crippen LogP contribution < -0.4 is 16.6 Å². The number of hydrogen-bond donors (Lipinski definition) is 3. The Morgan fingerprint density at radius 2 is 1.97 bits per heavy atom. The van der Waals surface area contributed by atoms with Crippen LogP contribution in [-0.4, -0.2) is 32.2 Å². The van der Waals surface area contributed by atoms with E-state index in [-0.39, 0.29) is 17.6 Å². The van der Waals surface area contributed by atoms with Crippen LogP contribution in [0, 0.1) is 0 Å². The van der Waals surface area contributed by atoms with Gasteiger partial charge in [-0.2, -0.15) is 5.10 Å². The van der Waals surface area contributed by atoms with E-state index in [4.69, 9.17) is 29.0 Å². The molecule has 11 heteroatoms. The highest BCUT2D eigenvalue weighted by Gasteiger charge is 2.13. The zero-order valence-electron chi connectivity index (χ0n) is 15.3. The van der Waals surface area contributed by atoms with Crippen molar-refractivity contribution in [1.29, 1.82) is 0 Å². The SMILES string of the molecule is C/C(=N\Nc1nnc(SCC(=O)Nc2cc(Cl)ccc2Cl)n1N)c1ccccc1. The lowest BCUT2D eigenvalue weighted by Crippen LogP contribution is -2.17. The van der Waals surface area contributed by atoms with Gasteiger partial charge in [0.25, 0.3) is 5.95 Å². The van der Waals surface area contributed by atoms with Gasteiger partial charge in [0.05, 0.1) is 22.2 Å². The molecule has 0 aliphatic heterocycles. The van der Waals surface area contributed by atoms with E-state index in [0.717, 1.165) is 23.0 Å². The molecule has 3 aromatic rings. The topological polar surface area (TPSA) is 110 Å². The molecule has 0 atom stereocenters. The van der Waals surface area contributed by atoms with E-state index in [1.54, 1.807) is 18.2 Å². The first-order valence-electron chi connectivity index (χ1n) is 8.38. The van der Waals surface area contributed by atoms with Crippen molar-refractivity contribution in [2.24, 2.45) is 5.10 Å². The number of hydrogen-bond acceptors (Lipinski definition) is 7. The summed E-state index contributed by atoms with van der Waals surface area (Å²) in [6.45, 7) is 1.86. The zero-order valence-corrected chi connectivity index (χ0v) is 17.6. The van der Waals surface area contributed by atoms with Crippen LogP contribution in [0.25, 0.3) is 0 Å². The maximum atomic E-state index is 12.2. The van der Waals surface area contributed by atoms with E-state index in [0.29, 0.717) is 20.9 Å². The Labute approximate surface area is 181 Å². The molecule has 0 bridgehead atoms. The second-order valence-electron chi connectivity index (χ2n) is 5.81. The monoisotopic (exact) mass is 449 g/mol. The number of carbonyl (C=O) groups excluding carboxylic acids is 1. The number of anilines is 2. The van der Waals surface area contributed by atoms with Crippen LogP contribution in [0.15, 0.2) is 58.8 Å². The maximum absolute atomic E-state index is 12.2. The van der Waals surface area contributed by atoms with Gasteiger partial charge in [-0.05, 0) is 30.7 Å². The highest BCUT2D eigenvalue weighted by molar-refractivity contribution is 7.99. The normalized spacial score (nSPS) is 11.3. The van der Waals surface area contributed by atoms with Crippen molar-refractivity contribution in [2.45, 2.75) is 12.1 Å². The molecule has 1 heterocycles. The Kier molecular flexibility index (Phi) is 6.97.